The second-order valence-electron chi connectivity index (χ2n) is 9.78. The average molecular weight is 531 g/mol. The van der Waals surface area contributed by atoms with Crippen LogP contribution in [0.2, 0.25) is 0 Å². The number of aromatic nitrogens is 7. The van der Waals surface area contributed by atoms with E-state index in [4.69, 9.17) is 19.9 Å². The maximum Gasteiger partial charge on any atom is 0.138 e. The molecule has 1 aromatic carbocycles. The standard InChI is InChI=1S/C33H22N8/c1-40(29-15-13-22-24(37-29)10-5-17-34-22)27-20-28-33(39-31(27)21-8-3-2-4-9-21)32-26(12-7-19-36-32)41(28)30-16-14-23-25(38-30)11-6-18-35-23/h2-20H,1H3. The fourth-order valence-corrected chi connectivity index (χ4v) is 5.36. The third-order valence-electron chi connectivity index (χ3n) is 7.34. The first-order chi connectivity index (χ1) is 20.2. The van der Waals surface area contributed by atoms with Crippen LogP contribution < -0.4 is 4.90 Å². The molecule has 8 nitrogen and oxygen atoms in total. The van der Waals surface area contributed by atoms with Crippen LogP contribution in [0.25, 0.3) is 61.2 Å². The van der Waals surface area contributed by atoms with Gasteiger partial charge in [-0.2, -0.15) is 0 Å². The molecule has 0 atom stereocenters. The van der Waals surface area contributed by atoms with Crippen LogP contribution in [0.4, 0.5) is 11.5 Å². The van der Waals surface area contributed by atoms with Crippen molar-refractivity contribution in [2.45, 2.75) is 0 Å². The number of rotatable bonds is 4. The van der Waals surface area contributed by atoms with Crippen molar-refractivity contribution in [1.29, 1.82) is 0 Å². The molecule has 0 aliphatic carbocycles. The van der Waals surface area contributed by atoms with Crippen molar-refractivity contribution in [1.82, 2.24) is 34.5 Å². The number of hydrogen-bond donors (Lipinski definition) is 0. The van der Waals surface area contributed by atoms with E-state index in [1.54, 1.807) is 18.6 Å². The molecule has 0 radical (unpaired) electrons. The zero-order valence-electron chi connectivity index (χ0n) is 22.0. The molecule has 7 heterocycles. The smallest absolute Gasteiger partial charge is 0.138 e. The van der Waals surface area contributed by atoms with Gasteiger partial charge >= 0.3 is 0 Å². The van der Waals surface area contributed by atoms with Gasteiger partial charge in [0.1, 0.15) is 22.7 Å². The van der Waals surface area contributed by atoms with Crippen LogP contribution in [0.15, 0.2) is 116 Å². The summed E-state index contributed by atoms with van der Waals surface area (Å²) in [6.07, 6.45) is 5.37. The first kappa shape index (κ1) is 23.2. The van der Waals surface area contributed by atoms with E-state index in [-0.39, 0.29) is 0 Å². The molecule has 0 fully saturated rings. The van der Waals surface area contributed by atoms with E-state index >= 15 is 0 Å². The van der Waals surface area contributed by atoms with E-state index in [9.17, 15) is 0 Å². The SMILES string of the molecule is CN(c1ccc2ncccc2n1)c1cc2c(nc1-c1ccccc1)c1ncccc1n2-c1ccc2ncccc2n1. The maximum absolute atomic E-state index is 5.29. The number of fused-ring (bicyclic) bond motifs is 5. The highest BCUT2D eigenvalue weighted by Crippen LogP contribution is 2.39. The molecular weight excluding hydrogens is 508 g/mol. The van der Waals surface area contributed by atoms with Gasteiger partial charge in [-0.3, -0.25) is 19.5 Å². The summed E-state index contributed by atoms with van der Waals surface area (Å²) in [5, 5.41) is 0. The number of anilines is 2. The van der Waals surface area contributed by atoms with Crippen LogP contribution in [0.3, 0.4) is 0 Å². The molecule has 0 bridgehead atoms. The molecule has 0 saturated heterocycles. The van der Waals surface area contributed by atoms with Gasteiger partial charge in [-0.05, 0) is 66.7 Å². The van der Waals surface area contributed by atoms with Gasteiger partial charge in [0, 0.05) is 31.2 Å². The molecule has 7 aromatic heterocycles. The van der Waals surface area contributed by atoms with Crippen molar-refractivity contribution < 1.29 is 0 Å². The number of benzene rings is 1. The molecule has 8 heteroatoms. The van der Waals surface area contributed by atoms with Gasteiger partial charge in [-0.25, -0.2) is 15.0 Å². The Labute approximate surface area is 234 Å². The summed E-state index contributed by atoms with van der Waals surface area (Å²) >= 11 is 0. The minimum Gasteiger partial charge on any atom is -0.328 e. The normalized spacial score (nSPS) is 11.5. The van der Waals surface area contributed by atoms with Crippen LogP contribution in [0.1, 0.15) is 0 Å². The van der Waals surface area contributed by atoms with Crippen LogP contribution in [0, 0.1) is 0 Å². The van der Waals surface area contributed by atoms with E-state index in [1.165, 1.54) is 0 Å². The Balaban J connectivity index is 1.43. The molecule has 8 aromatic rings. The van der Waals surface area contributed by atoms with E-state index in [1.807, 2.05) is 79.8 Å². The van der Waals surface area contributed by atoms with Crippen LogP contribution >= 0.6 is 0 Å². The highest BCUT2D eigenvalue weighted by molar-refractivity contribution is 6.07. The monoisotopic (exact) mass is 530 g/mol. The molecule has 8 rings (SSSR count). The van der Waals surface area contributed by atoms with E-state index in [0.29, 0.717) is 0 Å². The molecule has 194 valence electrons. The maximum atomic E-state index is 5.29. The first-order valence-electron chi connectivity index (χ1n) is 13.3. The van der Waals surface area contributed by atoms with Crippen molar-refractivity contribution in [2.24, 2.45) is 0 Å². The summed E-state index contributed by atoms with van der Waals surface area (Å²) in [5.41, 5.74) is 9.56. The second kappa shape index (κ2) is 9.17. The number of hydrogen-bond acceptors (Lipinski definition) is 7. The van der Waals surface area contributed by atoms with Gasteiger partial charge in [-0.1, -0.05) is 30.3 Å². The Morgan fingerprint density at radius 1 is 0.561 bits per heavy atom. The lowest BCUT2D eigenvalue weighted by Gasteiger charge is -2.22. The van der Waals surface area contributed by atoms with Crippen molar-refractivity contribution >= 4 is 55.6 Å². The lowest BCUT2D eigenvalue weighted by Crippen LogP contribution is -2.13. The summed E-state index contributed by atoms with van der Waals surface area (Å²) < 4.78 is 2.13. The Kier molecular flexibility index (Phi) is 5.18. The highest BCUT2D eigenvalue weighted by Gasteiger charge is 2.22. The molecular formula is C33H22N8. The fraction of sp³-hybridized carbons (Fsp3) is 0.0303. The van der Waals surface area contributed by atoms with E-state index in [0.717, 1.165) is 72.7 Å². The van der Waals surface area contributed by atoms with Gasteiger partial charge in [0.15, 0.2) is 0 Å². The summed E-state index contributed by atoms with van der Waals surface area (Å²) in [5.74, 6) is 1.57. The van der Waals surface area contributed by atoms with Crippen LogP contribution in [0.5, 0.6) is 0 Å². The predicted molar refractivity (Wildman–Crippen MR) is 163 cm³/mol. The summed E-state index contributed by atoms with van der Waals surface area (Å²) in [6.45, 7) is 0. The lowest BCUT2D eigenvalue weighted by atomic mass is 10.1. The quantitative estimate of drug-likeness (QED) is 0.245. The van der Waals surface area contributed by atoms with Gasteiger partial charge in [0.25, 0.3) is 0 Å². The first-order valence-corrected chi connectivity index (χ1v) is 13.3. The number of nitrogens with zero attached hydrogens (tertiary/aromatic N) is 8. The molecule has 0 spiro atoms. The van der Waals surface area contributed by atoms with Gasteiger partial charge in [-0.15, -0.1) is 0 Å². The Bertz CT molecular complexity index is 2240. The molecule has 0 aliphatic rings. The van der Waals surface area contributed by atoms with Crippen molar-refractivity contribution in [3.05, 3.63) is 116 Å². The largest absolute Gasteiger partial charge is 0.328 e. The van der Waals surface area contributed by atoms with Crippen molar-refractivity contribution in [2.75, 3.05) is 11.9 Å². The summed E-state index contributed by atoms with van der Waals surface area (Å²) in [6, 6.07) is 32.1. The fourth-order valence-electron chi connectivity index (χ4n) is 5.36. The predicted octanol–water partition coefficient (Wildman–Crippen LogP) is 6.90. The van der Waals surface area contributed by atoms with Gasteiger partial charge in [0.05, 0.1) is 44.5 Å². The minimum absolute atomic E-state index is 0.774. The van der Waals surface area contributed by atoms with Crippen LogP contribution in [-0.2, 0) is 0 Å². The molecule has 41 heavy (non-hydrogen) atoms. The third-order valence-corrected chi connectivity index (χ3v) is 7.34. The van der Waals surface area contributed by atoms with Gasteiger partial charge in [0.2, 0.25) is 0 Å². The zero-order valence-corrected chi connectivity index (χ0v) is 22.0. The Hall–Kier alpha value is -5.76. The van der Waals surface area contributed by atoms with Crippen molar-refractivity contribution in [3.8, 4) is 17.1 Å². The third kappa shape index (κ3) is 3.76. The summed E-state index contributed by atoms with van der Waals surface area (Å²) in [4.78, 5) is 30.9. The molecule has 0 saturated carbocycles. The van der Waals surface area contributed by atoms with Gasteiger partial charge < -0.3 is 4.90 Å². The minimum atomic E-state index is 0.774. The number of pyridine rings is 6. The molecule has 0 unspecified atom stereocenters. The second-order valence-corrected chi connectivity index (χ2v) is 9.78. The molecule has 0 amide bonds. The van der Waals surface area contributed by atoms with E-state index in [2.05, 4.69) is 43.7 Å². The zero-order chi connectivity index (χ0) is 27.3. The Morgan fingerprint density at radius 3 is 2.07 bits per heavy atom. The Morgan fingerprint density at radius 2 is 1.27 bits per heavy atom. The highest BCUT2D eigenvalue weighted by atomic mass is 15.2. The average Bonchev–Trinajstić information content (AvgIpc) is 3.37. The summed E-state index contributed by atoms with van der Waals surface area (Å²) in [7, 11) is 2.02. The van der Waals surface area contributed by atoms with E-state index < -0.39 is 0 Å². The lowest BCUT2D eigenvalue weighted by molar-refractivity contribution is 1.09. The molecule has 0 N–H and O–H groups in total. The van der Waals surface area contributed by atoms with Crippen molar-refractivity contribution in [3.63, 3.8) is 0 Å². The molecule has 0 aliphatic heterocycles. The van der Waals surface area contributed by atoms with Crippen LogP contribution in [-0.4, -0.2) is 41.5 Å². The topological polar surface area (TPSA) is 85.5 Å².